The summed E-state index contributed by atoms with van der Waals surface area (Å²) in [4.78, 5) is 13.6. The zero-order valence-corrected chi connectivity index (χ0v) is 8.47. The lowest BCUT2D eigenvalue weighted by atomic mass is 9.99. The number of hydrogen-bond donors (Lipinski definition) is 1. The van der Waals surface area contributed by atoms with Crippen LogP contribution in [0, 0.1) is 0 Å². The molecule has 3 heteroatoms. The molecule has 1 saturated heterocycles. The first-order valence-corrected chi connectivity index (χ1v) is 4.71. The lowest BCUT2D eigenvalue weighted by Gasteiger charge is -2.28. The minimum atomic E-state index is -0.336. The van der Waals surface area contributed by atoms with Gasteiger partial charge in [-0.25, -0.2) is 0 Å². The van der Waals surface area contributed by atoms with Gasteiger partial charge < -0.3 is 10.2 Å². The van der Waals surface area contributed by atoms with Crippen LogP contribution in [0.4, 0.5) is 0 Å². The van der Waals surface area contributed by atoms with Crippen molar-refractivity contribution in [3.63, 3.8) is 0 Å². The molecule has 0 aromatic heterocycles. The Morgan fingerprint density at radius 3 is 2.92 bits per heavy atom. The topological polar surface area (TPSA) is 32.3 Å². The standard InChI is InChI=1S/C10H18N2O/c1-4-8-12(3)9(13)10(2)6-5-7-11-10/h4,11H,1,5-8H2,2-3H3. The first-order chi connectivity index (χ1) is 6.10. The number of nitrogens with zero attached hydrogens (tertiary/aromatic N) is 1. The van der Waals surface area contributed by atoms with Gasteiger partial charge >= 0.3 is 0 Å². The summed E-state index contributed by atoms with van der Waals surface area (Å²) in [6.45, 7) is 7.16. The second-order valence-corrected chi connectivity index (χ2v) is 3.84. The first kappa shape index (κ1) is 10.3. The van der Waals surface area contributed by atoms with Crippen LogP contribution >= 0.6 is 0 Å². The average molecular weight is 182 g/mol. The molecule has 1 atom stereocenters. The van der Waals surface area contributed by atoms with Crippen LogP contribution in [0.5, 0.6) is 0 Å². The number of nitrogens with one attached hydrogen (secondary N) is 1. The highest BCUT2D eigenvalue weighted by Gasteiger charge is 2.37. The molecule has 1 N–H and O–H groups in total. The number of likely N-dealkylation sites (N-methyl/N-ethyl adjacent to an activating group) is 1. The van der Waals surface area contributed by atoms with Crippen molar-refractivity contribution in [2.75, 3.05) is 20.1 Å². The van der Waals surface area contributed by atoms with E-state index in [0.717, 1.165) is 19.4 Å². The lowest BCUT2D eigenvalue weighted by Crippen LogP contribution is -2.51. The molecule has 0 aromatic rings. The molecule has 13 heavy (non-hydrogen) atoms. The van der Waals surface area contributed by atoms with Gasteiger partial charge in [-0.05, 0) is 26.3 Å². The molecule has 1 aliphatic heterocycles. The normalized spacial score (nSPS) is 27.2. The smallest absolute Gasteiger partial charge is 0.242 e. The van der Waals surface area contributed by atoms with E-state index in [4.69, 9.17) is 0 Å². The molecule has 3 nitrogen and oxygen atoms in total. The Kier molecular flexibility index (Phi) is 3.09. The molecule has 1 fully saturated rings. The van der Waals surface area contributed by atoms with Crippen molar-refractivity contribution >= 4 is 5.91 Å². The Morgan fingerprint density at radius 2 is 2.46 bits per heavy atom. The van der Waals surface area contributed by atoms with Crippen LogP contribution in [0.2, 0.25) is 0 Å². The van der Waals surface area contributed by atoms with Gasteiger partial charge in [0.25, 0.3) is 0 Å². The number of carbonyl (C=O) groups excluding carboxylic acids is 1. The lowest BCUT2D eigenvalue weighted by molar-refractivity contribution is -0.135. The molecule has 1 rings (SSSR count). The molecule has 1 aliphatic rings. The Hall–Kier alpha value is -0.830. The molecule has 0 spiro atoms. The van der Waals surface area contributed by atoms with Gasteiger partial charge in [0.05, 0.1) is 5.54 Å². The van der Waals surface area contributed by atoms with Crippen molar-refractivity contribution in [3.05, 3.63) is 12.7 Å². The molecule has 0 saturated carbocycles. The Morgan fingerprint density at radius 1 is 1.77 bits per heavy atom. The molecular weight excluding hydrogens is 164 g/mol. The predicted molar refractivity (Wildman–Crippen MR) is 53.5 cm³/mol. The van der Waals surface area contributed by atoms with Gasteiger partial charge in [-0.15, -0.1) is 6.58 Å². The maximum Gasteiger partial charge on any atom is 0.242 e. The summed E-state index contributed by atoms with van der Waals surface area (Å²) in [6, 6.07) is 0. The van der Waals surface area contributed by atoms with Crippen LogP contribution in [0.1, 0.15) is 19.8 Å². The van der Waals surface area contributed by atoms with Crippen LogP contribution in [0.15, 0.2) is 12.7 Å². The van der Waals surface area contributed by atoms with Gasteiger partial charge in [-0.2, -0.15) is 0 Å². The van der Waals surface area contributed by atoms with Gasteiger partial charge in [0, 0.05) is 13.6 Å². The Bertz CT molecular complexity index is 207. The maximum atomic E-state index is 11.9. The third kappa shape index (κ3) is 2.10. The highest BCUT2D eigenvalue weighted by molar-refractivity contribution is 5.86. The van der Waals surface area contributed by atoms with Gasteiger partial charge in [0.2, 0.25) is 5.91 Å². The van der Waals surface area contributed by atoms with Crippen molar-refractivity contribution in [3.8, 4) is 0 Å². The van der Waals surface area contributed by atoms with E-state index in [1.165, 1.54) is 0 Å². The van der Waals surface area contributed by atoms with Crippen LogP contribution in [0.25, 0.3) is 0 Å². The minimum absolute atomic E-state index is 0.171. The average Bonchev–Trinajstić information content (AvgIpc) is 2.52. The molecule has 0 bridgehead atoms. The fraction of sp³-hybridized carbons (Fsp3) is 0.700. The summed E-state index contributed by atoms with van der Waals surface area (Å²) in [5, 5.41) is 3.25. The van der Waals surface area contributed by atoms with Crippen LogP contribution in [-0.4, -0.2) is 36.5 Å². The molecule has 0 radical (unpaired) electrons. The summed E-state index contributed by atoms with van der Waals surface area (Å²) in [5.41, 5.74) is -0.336. The predicted octanol–water partition coefficient (Wildman–Crippen LogP) is 0.773. The van der Waals surface area contributed by atoms with Crippen molar-refractivity contribution in [2.45, 2.75) is 25.3 Å². The second kappa shape index (κ2) is 3.92. The van der Waals surface area contributed by atoms with E-state index in [2.05, 4.69) is 11.9 Å². The molecule has 1 unspecified atom stereocenters. The van der Waals surface area contributed by atoms with Crippen LogP contribution in [0.3, 0.4) is 0 Å². The number of amides is 1. The quantitative estimate of drug-likeness (QED) is 0.654. The summed E-state index contributed by atoms with van der Waals surface area (Å²) in [7, 11) is 1.81. The maximum absolute atomic E-state index is 11.9. The van der Waals surface area contributed by atoms with E-state index in [0.29, 0.717) is 6.54 Å². The zero-order valence-electron chi connectivity index (χ0n) is 8.47. The van der Waals surface area contributed by atoms with E-state index < -0.39 is 0 Å². The molecule has 0 aromatic carbocycles. The van der Waals surface area contributed by atoms with Gasteiger partial charge in [0.1, 0.15) is 0 Å². The number of carbonyl (C=O) groups is 1. The monoisotopic (exact) mass is 182 g/mol. The third-order valence-electron chi connectivity index (χ3n) is 2.59. The highest BCUT2D eigenvalue weighted by Crippen LogP contribution is 2.20. The van der Waals surface area contributed by atoms with E-state index in [9.17, 15) is 4.79 Å². The van der Waals surface area contributed by atoms with E-state index in [1.807, 2.05) is 14.0 Å². The van der Waals surface area contributed by atoms with Gasteiger partial charge in [-0.1, -0.05) is 6.08 Å². The fourth-order valence-electron chi connectivity index (χ4n) is 1.77. The molecule has 74 valence electrons. The zero-order chi connectivity index (χ0) is 9.90. The third-order valence-corrected chi connectivity index (χ3v) is 2.59. The summed E-state index contributed by atoms with van der Waals surface area (Å²) < 4.78 is 0. The minimum Gasteiger partial charge on any atom is -0.340 e. The van der Waals surface area contributed by atoms with Gasteiger partial charge in [0.15, 0.2) is 0 Å². The van der Waals surface area contributed by atoms with Crippen molar-refractivity contribution in [1.82, 2.24) is 10.2 Å². The van der Waals surface area contributed by atoms with E-state index in [-0.39, 0.29) is 11.4 Å². The number of rotatable bonds is 3. The van der Waals surface area contributed by atoms with E-state index >= 15 is 0 Å². The molecule has 1 amide bonds. The summed E-state index contributed by atoms with van der Waals surface area (Å²) in [6.07, 6.45) is 3.77. The molecule has 0 aliphatic carbocycles. The van der Waals surface area contributed by atoms with Crippen molar-refractivity contribution < 1.29 is 4.79 Å². The number of hydrogen-bond acceptors (Lipinski definition) is 2. The molecular formula is C10H18N2O. The van der Waals surface area contributed by atoms with Gasteiger partial charge in [-0.3, -0.25) is 4.79 Å². The second-order valence-electron chi connectivity index (χ2n) is 3.84. The fourth-order valence-corrected chi connectivity index (χ4v) is 1.77. The van der Waals surface area contributed by atoms with E-state index in [1.54, 1.807) is 11.0 Å². The van der Waals surface area contributed by atoms with Crippen LogP contribution in [-0.2, 0) is 4.79 Å². The van der Waals surface area contributed by atoms with Crippen LogP contribution < -0.4 is 5.32 Å². The summed E-state index contributed by atoms with van der Waals surface area (Å²) >= 11 is 0. The summed E-state index contributed by atoms with van der Waals surface area (Å²) in [5.74, 6) is 0.171. The first-order valence-electron chi connectivity index (χ1n) is 4.71. The highest BCUT2D eigenvalue weighted by atomic mass is 16.2. The SMILES string of the molecule is C=CCN(C)C(=O)C1(C)CCCN1. The molecule has 1 heterocycles. The largest absolute Gasteiger partial charge is 0.340 e. The van der Waals surface area contributed by atoms with Crippen molar-refractivity contribution in [2.24, 2.45) is 0 Å². The Labute approximate surface area is 79.8 Å². The van der Waals surface area contributed by atoms with Crippen molar-refractivity contribution in [1.29, 1.82) is 0 Å². The Balaban J connectivity index is 2.59.